The van der Waals surface area contributed by atoms with E-state index in [0.29, 0.717) is 11.6 Å². The highest BCUT2D eigenvalue weighted by atomic mass is 16.1. The minimum Gasteiger partial charge on any atom is -0.348 e. The Morgan fingerprint density at radius 3 is 2.82 bits per heavy atom. The lowest BCUT2D eigenvalue weighted by molar-refractivity contribution is 0.0918. The van der Waals surface area contributed by atoms with Crippen molar-refractivity contribution in [2.24, 2.45) is 0 Å². The first kappa shape index (κ1) is 15.0. The molecule has 4 nitrogen and oxygen atoms in total. The molecule has 1 fully saturated rings. The molecule has 1 amide bonds. The van der Waals surface area contributed by atoms with Gasteiger partial charge in [0.25, 0.3) is 5.91 Å². The van der Waals surface area contributed by atoms with Gasteiger partial charge < -0.3 is 10.2 Å². The summed E-state index contributed by atoms with van der Waals surface area (Å²) in [5.74, 6) is -0.00509. The van der Waals surface area contributed by atoms with Crippen LogP contribution in [0.3, 0.4) is 0 Å². The van der Waals surface area contributed by atoms with Gasteiger partial charge in [-0.2, -0.15) is 0 Å². The summed E-state index contributed by atoms with van der Waals surface area (Å²) in [4.78, 5) is 19.3. The van der Waals surface area contributed by atoms with E-state index in [1.54, 1.807) is 6.20 Å². The number of carbonyl (C=O) groups excluding carboxylic acids is 1. The van der Waals surface area contributed by atoms with E-state index >= 15 is 0 Å². The van der Waals surface area contributed by atoms with Crippen molar-refractivity contribution in [3.63, 3.8) is 0 Å². The van der Waals surface area contributed by atoms with E-state index in [2.05, 4.69) is 29.3 Å². The predicted octanol–water partition coefficient (Wildman–Crippen LogP) is 2.76. The lowest BCUT2D eigenvalue weighted by Gasteiger charge is -2.27. The van der Waals surface area contributed by atoms with Gasteiger partial charge in [-0.15, -0.1) is 0 Å². The lowest BCUT2D eigenvalue weighted by Crippen LogP contribution is -2.46. The second-order valence-corrected chi connectivity index (χ2v) is 6.36. The number of likely N-dealkylation sites (N-methyl/N-ethyl adjacent to an activating group) is 1. The number of aromatic nitrogens is 1. The number of aryl methyl sites for hydroxylation is 1. The molecule has 0 radical (unpaired) electrons. The van der Waals surface area contributed by atoms with Gasteiger partial charge >= 0.3 is 0 Å². The van der Waals surface area contributed by atoms with Crippen molar-refractivity contribution in [1.82, 2.24) is 15.2 Å². The first-order valence-corrected chi connectivity index (χ1v) is 7.89. The molecule has 1 aromatic carbocycles. The predicted molar refractivity (Wildman–Crippen MR) is 89.1 cm³/mol. The van der Waals surface area contributed by atoms with Crippen LogP contribution in [0.2, 0.25) is 0 Å². The molecule has 116 valence electrons. The number of benzene rings is 1. The molecule has 1 aliphatic carbocycles. The maximum absolute atomic E-state index is 12.7. The Labute approximate surface area is 131 Å². The lowest BCUT2D eigenvalue weighted by atomic mass is 10.0. The maximum Gasteiger partial charge on any atom is 0.253 e. The third-order valence-corrected chi connectivity index (χ3v) is 4.75. The topological polar surface area (TPSA) is 45.2 Å². The van der Waals surface area contributed by atoms with Crippen molar-refractivity contribution in [1.29, 1.82) is 0 Å². The van der Waals surface area contributed by atoms with Gasteiger partial charge in [0.05, 0.1) is 11.1 Å². The molecule has 0 unspecified atom stereocenters. The van der Waals surface area contributed by atoms with E-state index in [-0.39, 0.29) is 11.9 Å². The fourth-order valence-corrected chi connectivity index (χ4v) is 3.48. The zero-order valence-electron chi connectivity index (χ0n) is 13.5. The van der Waals surface area contributed by atoms with Crippen LogP contribution in [0, 0.1) is 6.92 Å². The second kappa shape index (κ2) is 6.05. The molecule has 0 spiro atoms. The number of nitrogens with zero attached hydrogens (tertiary/aromatic N) is 2. The van der Waals surface area contributed by atoms with E-state index in [1.807, 2.05) is 31.2 Å². The Bertz CT molecular complexity index is 696. The molecular weight excluding hydrogens is 274 g/mol. The highest BCUT2D eigenvalue weighted by molar-refractivity contribution is 6.00. The van der Waals surface area contributed by atoms with Gasteiger partial charge in [0, 0.05) is 23.7 Å². The minimum atomic E-state index is -0.00509. The van der Waals surface area contributed by atoms with Crippen LogP contribution < -0.4 is 5.32 Å². The van der Waals surface area contributed by atoms with Crippen molar-refractivity contribution < 1.29 is 4.79 Å². The average Bonchev–Trinajstić information content (AvgIpc) is 2.96. The van der Waals surface area contributed by atoms with E-state index in [1.165, 1.54) is 6.42 Å². The number of rotatable bonds is 3. The van der Waals surface area contributed by atoms with Crippen molar-refractivity contribution >= 4 is 16.8 Å². The zero-order valence-corrected chi connectivity index (χ0v) is 13.5. The summed E-state index contributed by atoms with van der Waals surface area (Å²) < 4.78 is 0. The third kappa shape index (κ3) is 2.71. The Morgan fingerprint density at radius 2 is 2.05 bits per heavy atom. The van der Waals surface area contributed by atoms with Gasteiger partial charge in [-0.05, 0) is 51.9 Å². The van der Waals surface area contributed by atoms with E-state index in [9.17, 15) is 4.79 Å². The zero-order chi connectivity index (χ0) is 15.7. The fraction of sp³-hybridized carbons (Fsp3) is 0.444. The fourth-order valence-electron chi connectivity index (χ4n) is 3.48. The quantitative estimate of drug-likeness (QED) is 0.947. The molecular formula is C18H23N3O. The molecule has 22 heavy (non-hydrogen) atoms. The highest BCUT2D eigenvalue weighted by Gasteiger charge is 2.30. The SMILES string of the molecule is Cc1c(C(=O)N[C@@H]2CCC[C@H]2N(C)C)cnc2ccccc12. The molecule has 1 saturated carbocycles. The smallest absolute Gasteiger partial charge is 0.253 e. The number of fused-ring (bicyclic) bond motifs is 1. The van der Waals surface area contributed by atoms with Crippen LogP contribution in [0.15, 0.2) is 30.5 Å². The van der Waals surface area contributed by atoms with E-state index in [4.69, 9.17) is 0 Å². The number of hydrogen-bond donors (Lipinski definition) is 1. The molecule has 2 atom stereocenters. The van der Waals surface area contributed by atoms with Crippen molar-refractivity contribution in [3.05, 3.63) is 41.6 Å². The standard InChI is InChI=1S/C18H23N3O/c1-12-13-7-4-5-8-15(13)19-11-14(12)18(22)20-16-9-6-10-17(16)21(2)3/h4-5,7-8,11,16-17H,6,9-10H2,1-3H3,(H,20,22)/t16-,17-/m1/s1. The summed E-state index contributed by atoms with van der Waals surface area (Å²) in [7, 11) is 4.16. The largest absolute Gasteiger partial charge is 0.348 e. The first-order chi connectivity index (χ1) is 10.6. The molecule has 1 aliphatic rings. The third-order valence-electron chi connectivity index (χ3n) is 4.75. The summed E-state index contributed by atoms with van der Waals surface area (Å²) in [6.45, 7) is 2.00. The molecule has 0 aliphatic heterocycles. The van der Waals surface area contributed by atoms with Crippen molar-refractivity contribution in [3.8, 4) is 0 Å². The summed E-state index contributed by atoms with van der Waals surface area (Å²) >= 11 is 0. The number of nitrogens with one attached hydrogen (secondary N) is 1. The van der Waals surface area contributed by atoms with Gasteiger partial charge in [-0.3, -0.25) is 9.78 Å². The number of amides is 1. The van der Waals surface area contributed by atoms with E-state index < -0.39 is 0 Å². The molecule has 2 aromatic rings. The van der Waals surface area contributed by atoms with Crippen LogP contribution >= 0.6 is 0 Å². The molecule has 1 heterocycles. The molecule has 1 aromatic heterocycles. The number of pyridine rings is 1. The Kier molecular flexibility index (Phi) is 4.12. The van der Waals surface area contributed by atoms with Gasteiger partial charge in [0.2, 0.25) is 0 Å². The van der Waals surface area contributed by atoms with Crippen LogP contribution in [0.5, 0.6) is 0 Å². The van der Waals surface area contributed by atoms with Crippen molar-refractivity contribution in [2.45, 2.75) is 38.3 Å². The highest BCUT2D eigenvalue weighted by Crippen LogP contribution is 2.24. The van der Waals surface area contributed by atoms with Gasteiger partial charge in [-0.1, -0.05) is 18.2 Å². The van der Waals surface area contributed by atoms with Crippen LogP contribution in [-0.2, 0) is 0 Å². The molecule has 3 rings (SSSR count). The Balaban J connectivity index is 1.85. The first-order valence-electron chi connectivity index (χ1n) is 7.89. The summed E-state index contributed by atoms with van der Waals surface area (Å²) in [6, 6.07) is 8.60. The summed E-state index contributed by atoms with van der Waals surface area (Å²) in [5, 5.41) is 4.26. The van der Waals surface area contributed by atoms with Gasteiger partial charge in [-0.25, -0.2) is 0 Å². The van der Waals surface area contributed by atoms with E-state index in [0.717, 1.165) is 29.3 Å². The summed E-state index contributed by atoms with van der Waals surface area (Å²) in [5.41, 5.74) is 2.62. The maximum atomic E-state index is 12.7. The second-order valence-electron chi connectivity index (χ2n) is 6.36. The molecule has 4 heteroatoms. The average molecular weight is 297 g/mol. The number of para-hydroxylation sites is 1. The van der Waals surface area contributed by atoms with Gasteiger partial charge in [0.1, 0.15) is 0 Å². The minimum absolute atomic E-state index is 0.00509. The number of hydrogen-bond acceptors (Lipinski definition) is 3. The summed E-state index contributed by atoms with van der Waals surface area (Å²) in [6.07, 6.45) is 5.07. The monoisotopic (exact) mass is 297 g/mol. The molecule has 1 N–H and O–H groups in total. The van der Waals surface area contributed by atoms with Crippen LogP contribution in [-0.4, -0.2) is 42.0 Å². The van der Waals surface area contributed by atoms with Crippen LogP contribution in [0.25, 0.3) is 10.9 Å². The molecule has 0 bridgehead atoms. The Morgan fingerprint density at radius 1 is 1.27 bits per heavy atom. The van der Waals surface area contributed by atoms with Crippen LogP contribution in [0.4, 0.5) is 0 Å². The van der Waals surface area contributed by atoms with Crippen molar-refractivity contribution in [2.75, 3.05) is 14.1 Å². The molecule has 0 saturated heterocycles. The number of carbonyl (C=O) groups is 1. The Hall–Kier alpha value is -1.94. The van der Waals surface area contributed by atoms with Gasteiger partial charge in [0.15, 0.2) is 0 Å². The van der Waals surface area contributed by atoms with Crippen LogP contribution in [0.1, 0.15) is 35.2 Å². The normalized spacial score (nSPS) is 21.5.